The summed E-state index contributed by atoms with van der Waals surface area (Å²) in [5, 5.41) is 3.36. The van der Waals surface area contributed by atoms with Gasteiger partial charge < -0.3 is 5.32 Å². The molecule has 0 heterocycles. The van der Waals surface area contributed by atoms with Crippen LogP contribution in [0.4, 0.5) is 0 Å². The molecule has 2 nitrogen and oxygen atoms in total. The molecule has 0 unspecified atom stereocenters. The maximum absolute atomic E-state index is 12.2. The second-order valence-electron chi connectivity index (χ2n) is 8.72. The summed E-state index contributed by atoms with van der Waals surface area (Å²) in [7, 11) is 0. The Labute approximate surface area is 112 Å². The molecule has 0 spiro atoms. The summed E-state index contributed by atoms with van der Waals surface area (Å²) in [6.07, 6.45) is 6.15. The molecular formula is C16H29NO. The monoisotopic (exact) mass is 251 g/mol. The van der Waals surface area contributed by atoms with E-state index in [1.165, 1.54) is 32.1 Å². The van der Waals surface area contributed by atoms with E-state index >= 15 is 0 Å². The average molecular weight is 251 g/mol. The number of fused-ring (bicyclic) bond motifs is 2. The van der Waals surface area contributed by atoms with Gasteiger partial charge in [0.2, 0.25) is 5.91 Å². The van der Waals surface area contributed by atoms with Crippen molar-refractivity contribution in [1.29, 1.82) is 0 Å². The van der Waals surface area contributed by atoms with Crippen LogP contribution in [0.15, 0.2) is 0 Å². The third-order valence-electron chi connectivity index (χ3n) is 5.32. The van der Waals surface area contributed by atoms with Crippen LogP contribution in [0.1, 0.15) is 73.6 Å². The lowest BCUT2D eigenvalue weighted by Crippen LogP contribution is -2.68. The summed E-state index contributed by atoms with van der Waals surface area (Å²) >= 11 is 0. The molecule has 3 aliphatic rings. The van der Waals surface area contributed by atoms with E-state index in [-0.39, 0.29) is 16.9 Å². The Bertz CT molecular complexity index is 350. The Morgan fingerprint density at radius 2 is 1.56 bits per heavy atom. The highest BCUT2D eigenvalue weighted by atomic mass is 16.2. The molecule has 3 aliphatic carbocycles. The van der Waals surface area contributed by atoms with E-state index in [1.807, 2.05) is 20.8 Å². The number of rotatable bonds is 1. The molecule has 2 heteroatoms. The van der Waals surface area contributed by atoms with Gasteiger partial charge in [-0.1, -0.05) is 48.0 Å². The second kappa shape index (κ2) is 3.74. The minimum absolute atomic E-state index is 0.121. The highest BCUT2D eigenvalue weighted by Gasteiger charge is 2.62. The SMILES string of the molecule is CC(C)(C)C(=O)NC12CCCC(C(C)(C)C)(C1)C2. The molecule has 0 radical (unpaired) electrons. The first-order chi connectivity index (χ1) is 8.00. The summed E-state index contributed by atoms with van der Waals surface area (Å²) in [4.78, 5) is 12.2. The van der Waals surface area contributed by atoms with Crippen molar-refractivity contribution in [3.63, 3.8) is 0 Å². The van der Waals surface area contributed by atoms with Crippen LogP contribution in [0.2, 0.25) is 0 Å². The summed E-state index contributed by atoms with van der Waals surface area (Å²) in [5.41, 5.74) is 0.682. The molecular weight excluding hydrogens is 222 g/mol. The van der Waals surface area contributed by atoms with Crippen molar-refractivity contribution >= 4 is 5.91 Å². The van der Waals surface area contributed by atoms with Crippen molar-refractivity contribution in [2.45, 2.75) is 79.2 Å². The van der Waals surface area contributed by atoms with Crippen LogP contribution in [0.3, 0.4) is 0 Å². The molecule has 18 heavy (non-hydrogen) atoms. The van der Waals surface area contributed by atoms with E-state index in [2.05, 4.69) is 26.1 Å². The smallest absolute Gasteiger partial charge is 0.225 e. The summed E-state index contributed by atoms with van der Waals surface area (Å²) in [6.45, 7) is 13.1. The van der Waals surface area contributed by atoms with Gasteiger partial charge in [-0.15, -0.1) is 0 Å². The Balaban J connectivity index is 2.07. The van der Waals surface area contributed by atoms with Crippen LogP contribution >= 0.6 is 0 Å². The molecule has 0 aromatic carbocycles. The fourth-order valence-corrected chi connectivity index (χ4v) is 3.85. The van der Waals surface area contributed by atoms with Crippen LogP contribution in [0.5, 0.6) is 0 Å². The zero-order chi connectivity index (χ0) is 13.8. The van der Waals surface area contributed by atoms with Crippen molar-refractivity contribution in [3.05, 3.63) is 0 Å². The van der Waals surface area contributed by atoms with Gasteiger partial charge in [0.05, 0.1) is 0 Å². The lowest BCUT2D eigenvalue weighted by molar-refractivity contribution is -0.150. The molecule has 1 amide bonds. The van der Waals surface area contributed by atoms with E-state index in [0.29, 0.717) is 10.8 Å². The lowest BCUT2D eigenvalue weighted by Gasteiger charge is -2.66. The number of carbonyl (C=O) groups excluding carboxylic acids is 1. The molecule has 0 aromatic heterocycles. The minimum Gasteiger partial charge on any atom is -0.350 e. The Morgan fingerprint density at radius 1 is 1.00 bits per heavy atom. The van der Waals surface area contributed by atoms with Crippen LogP contribution in [-0.4, -0.2) is 11.4 Å². The molecule has 0 atom stereocenters. The Morgan fingerprint density at radius 3 is 2.00 bits per heavy atom. The molecule has 0 aromatic rings. The van der Waals surface area contributed by atoms with Crippen LogP contribution in [0, 0.1) is 16.2 Å². The third kappa shape index (κ3) is 2.08. The van der Waals surface area contributed by atoms with Crippen molar-refractivity contribution in [2.24, 2.45) is 16.2 Å². The van der Waals surface area contributed by atoms with Crippen molar-refractivity contribution in [1.82, 2.24) is 5.32 Å². The molecule has 3 fully saturated rings. The summed E-state index contributed by atoms with van der Waals surface area (Å²) in [6, 6.07) is 0. The molecule has 104 valence electrons. The second-order valence-corrected chi connectivity index (χ2v) is 8.72. The zero-order valence-corrected chi connectivity index (χ0v) is 12.9. The van der Waals surface area contributed by atoms with Gasteiger partial charge in [0.15, 0.2) is 0 Å². The lowest BCUT2D eigenvalue weighted by atomic mass is 9.42. The minimum atomic E-state index is -0.272. The molecule has 3 saturated carbocycles. The summed E-state index contributed by atoms with van der Waals surface area (Å²) in [5.74, 6) is 0.215. The quantitative estimate of drug-likeness (QED) is 0.752. The zero-order valence-electron chi connectivity index (χ0n) is 12.9. The van der Waals surface area contributed by atoms with E-state index in [1.54, 1.807) is 0 Å². The Kier molecular flexibility index (Phi) is 2.89. The Hall–Kier alpha value is -0.530. The van der Waals surface area contributed by atoms with Gasteiger partial charge >= 0.3 is 0 Å². The normalized spacial score (nSPS) is 35.9. The number of amides is 1. The standard InChI is InChI=1S/C16H29NO/c1-13(2,3)12(18)17-16-9-7-8-15(10-16,11-16)14(4,5)6/h7-11H2,1-6H3,(H,17,18). The molecule has 3 rings (SSSR count). The topological polar surface area (TPSA) is 29.1 Å². The van der Waals surface area contributed by atoms with Crippen molar-refractivity contribution < 1.29 is 4.79 Å². The van der Waals surface area contributed by atoms with E-state index < -0.39 is 0 Å². The largest absolute Gasteiger partial charge is 0.350 e. The van der Waals surface area contributed by atoms with Crippen LogP contribution in [-0.2, 0) is 4.79 Å². The maximum atomic E-state index is 12.2. The van der Waals surface area contributed by atoms with Gasteiger partial charge in [0, 0.05) is 11.0 Å². The van der Waals surface area contributed by atoms with Gasteiger partial charge in [-0.2, -0.15) is 0 Å². The van der Waals surface area contributed by atoms with Crippen molar-refractivity contribution in [3.8, 4) is 0 Å². The predicted octanol–water partition coefficient (Wildman–Crippen LogP) is 3.90. The first kappa shape index (κ1) is 13.9. The van der Waals surface area contributed by atoms with E-state index in [9.17, 15) is 4.79 Å². The van der Waals surface area contributed by atoms with Crippen LogP contribution < -0.4 is 5.32 Å². The fraction of sp³-hybridized carbons (Fsp3) is 0.938. The molecule has 0 aliphatic heterocycles. The van der Waals surface area contributed by atoms with Gasteiger partial charge in [0.1, 0.15) is 0 Å². The first-order valence-electron chi connectivity index (χ1n) is 7.33. The van der Waals surface area contributed by atoms with Gasteiger partial charge in [0.25, 0.3) is 0 Å². The van der Waals surface area contributed by atoms with Crippen molar-refractivity contribution in [2.75, 3.05) is 0 Å². The molecule has 1 N–H and O–H groups in total. The fourth-order valence-electron chi connectivity index (χ4n) is 3.85. The van der Waals surface area contributed by atoms with Gasteiger partial charge in [-0.3, -0.25) is 4.79 Å². The average Bonchev–Trinajstić information content (AvgIpc) is 2.13. The number of carbonyl (C=O) groups is 1. The molecule has 2 bridgehead atoms. The van der Waals surface area contributed by atoms with Crippen LogP contribution in [0.25, 0.3) is 0 Å². The van der Waals surface area contributed by atoms with Gasteiger partial charge in [-0.25, -0.2) is 0 Å². The summed E-state index contributed by atoms with van der Waals surface area (Å²) < 4.78 is 0. The number of hydrogen-bond donors (Lipinski definition) is 1. The number of hydrogen-bond acceptors (Lipinski definition) is 1. The maximum Gasteiger partial charge on any atom is 0.225 e. The predicted molar refractivity (Wildman–Crippen MR) is 75.3 cm³/mol. The number of nitrogens with one attached hydrogen (secondary N) is 1. The van der Waals surface area contributed by atoms with Gasteiger partial charge in [-0.05, 0) is 36.5 Å². The molecule has 0 saturated heterocycles. The highest BCUT2D eigenvalue weighted by molar-refractivity contribution is 5.82. The third-order valence-corrected chi connectivity index (χ3v) is 5.32. The highest BCUT2D eigenvalue weighted by Crippen LogP contribution is 2.65. The van der Waals surface area contributed by atoms with E-state index in [4.69, 9.17) is 0 Å². The first-order valence-corrected chi connectivity index (χ1v) is 7.33. The van der Waals surface area contributed by atoms with E-state index in [0.717, 1.165) is 0 Å².